The molecule has 106 valence electrons. The highest BCUT2D eigenvalue weighted by molar-refractivity contribution is 5.93. The lowest BCUT2D eigenvalue weighted by atomic mass is 10.3. The Morgan fingerprint density at radius 1 is 1.40 bits per heavy atom. The average molecular weight is 276 g/mol. The van der Waals surface area contributed by atoms with Gasteiger partial charge in [-0.15, -0.1) is 0 Å². The molecule has 2 aromatic heterocycles. The average Bonchev–Trinajstić information content (AvgIpc) is 2.98. The maximum absolute atomic E-state index is 12.0. The van der Waals surface area contributed by atoms with E-state index in [4.69, 9.17) is 5.11 Å². The lowest BCUT2D eigenvalue weighted by Crippen LogP contribution is -2.28. The lowest BCUT2D eigenvalue weighted by molar-refractivity contribution is -0.137. The maximum atomic E-state index is 12.0. The summed E-state index contributed by atoms with van der Waals surface area (Å²) >= 11 is 0. The third-order valence-corrected chi connectivity index (χ3v) is 2.96. The number of amides is 1. The van der Waals surface area contributed by atoms with Crippen molar-refractivity contribution in [3.8, 4) is 0 Å². The molecule has 0 radical (unpaired) electrons. The molecule has 0 bridgehead atoms. The first-order valence-electron chi connectivity index (χ1n) is 6.20. The van der Waals surface area contributed by atoms with Crippen LogP contribution in [0.3, 0.4) is 0 Å². The largest absolute Gasteiger partial charge is 0.480 e. The number of carboxylic acids is 1. The molecule has 0 saturated heterocycles. The number of rotatable bonds is 6. The highest BCUT2D eigenvalue weighted by atomic mass is 16.4. The van der Waals surface area contributed by atoms with Crippen molar-refractivity contribution in [2.45, 2.75) is 13.0 Å². The second-order valence-electron chi connectivity index (χ2n) is 4.37. The SMILES string of the molecule is Cn1nccc1CCNC(=O)c1cccn1CC(=O)O. The van der Waals surface area contributed by atoms with Crippen molar-refractivity contribution in [2.75, 3.05) is 6.54 Å². The first-order valence-corrected chi connectivity index (χ1v) is 6.20. The van der Waals surface area contributed by atoms with Gasteiger partial charge in [0.25, 0.3) is 5.91 Å². The summed E-state index contributed by atoms with van der Waals surface area (Å²) in [4.78, 5) is 22.7. The zero-order chi connectivity index (χ0) is 14.5. The van der Waals surface area contributed by atoms with Gasteiger partial charge in [-0.2, -0.15) is 5.10 Å². The number of aryl methyl sites for hydroxylation is 1. The van der Waals surface area contributed by atoms with E-state index in [9.17, 15) is 9.59 Å². The number of nitrogens with zero attached hydrogens (tertiary/aromatic N) is 3. The maximum Gasteiger partial charge on any atom is 0.323 e. The normalized spacial score (nSPS) is 10.4. The zero-order valence-corrected chi connectivity index (χ0v) is 11.1. The van der Waals surface area contributed by atoms with Gasteiger partial charge in [-0.25, -0.2) is 0 Å². The standard InChI is InChI=1S/C13H16N4O3/c1-16-10(5-7-15-16)4-6-14-13(20)11-3-2-8-17(11)9-12(18)19/h2-3,5,7-8H,4,6,9H2,1H3,(H,14,20)(H,18,19). The Morgan fingerprint density at radius 3 is 2.85 bits per heavy atom. The molecule has 2 aromatic rings. The molecule has 0 atom stereocenters. The highest BCUT2D eigenvalue weighted by Gasteiger charge is 2.12. The van der Waals surface area contributed by atoms with E-state index in [2.05, 4.69) is 10.4 Å². The summed E-state index contributed by atoms with van der Waals surface area (Å²) in [5.41, 5.74) is 1.36. The number of hydrogen-bond acceptors (Lipinski definition) is 3. The van der Waals surface area contributed by atoms with Crippen LogP contribution in [0.1, 0.15) is 16.2 Å². The summed E-state index contributed by atoms with van der Waals surface area (Å²) in [6.07, 6.45) is 3.95. The van der Waals surface area contributed by atoms with Crippen LogP contribution < -0.4 is 5.32 Å². The minimum absolute atomic E-state index is 0.225. The number of aromatic nitrogens is 3. The van der Waals surface area contributed by atoms with Crippen molar-refractivity contribution in [2.24, 2.45) is 7.05 Å². The van der Waals surface area contributed by atoms with Crippen LogP contribution in [-0.2, 0) is 24.8 Å². The molecule has 0 saturated carbocycles. The van der Waals surface area contributed by atoms with Crippen LogP contribution in [0.4, 0.5) is 0 Å². The van der Waals surface area contributed by atoms with Gasteiger partial charge in [-0.1, -0.05) is 0 Å². The van der Waals surface area contributed by atoms with E-state index in [0.29, 0.717) is 18.7 Å². The monoisotopic (exact) mass is 276 g/mol. The molecule has 2 heterocycles. The molecular weight excluding hydrogens is 260 g/mol. The van der Waals surface area contributed by atoms with Crippen LogP contribution in [-0.4, -0.2) is 37.9 Å². The van der Waals surface area contributed by atoms with Gasteiger partial charge in [0, 0.05) is 38.1 Å². The molecular formula is C13H16N4O3. The fraction of sp³-hybridized carbons (Fsp3) is 0.308. The number of carboxylic acid groups (broad SMARTS) is 1. The fourth-order valence-electron chi connectivity index (χ4n) is 1.95. The molecule has 2 rings (SSSR count). The molecule has 0 unspecified atom stereocenters. The van der Waals surface area contributed by atoms with Crippen LogP contribution >= 0.6 is 0 Å². The van der Waals surface area contributed by atoms with Crippen LogP contribution in [0.25, 0.3) is 0 Å². The second kappa shape index (κ2) is 6.05. The van der Waals surface area contributed by atoms with Gasteiger partial charge in [0.1, 0.15) is 12.2 Å². The molecule has 20 heavy (non-hydrogen) atoms. The van der Waals surface area contributed by atoms with E-state index in [1.807, 2.05) is 13.1 Å². The summed E-state index contributed by atoms with van der Waals surface area (Å²) in [6, 6.07) is 5.14. The fourth-order valence-corrected chi connectivity index (χ4v) is 1.95. The molecule has 0 fully saturated rings. The van der Waals surface area contributed by atoms with E-state index in [-0.39, 0.29) is 12.5 Å². The molecule has 1 amide bonds. The summed E-state index contributed by atoms with van der Waals surface area (Å²) in [7, 11) is 1.84. The van der Waals surface area contributed by atoms with Crippen LogP contribution in [0.2, 0.25) is 0 Å². The van der Waals surface area contributed by atoms with E-state index in [1.165, 1.54) is 4.57 Å². The number of carbonyl (C=O) groups is 2. The topological polar surface area (TPSA) is 89.2 Å². The summed E-state index contributed by atoms with van der Waals surface area (Å²) in [5, 5.41) is 15.6. The van der Waals surface area contributed by atoms with Gasteiger partial charge in [0.2, 0.25) is 0 Å². The molecule has 0 aliphatic rings. The molecule has 0 aromatic carbocycles. The van der Waals surface area contributed by atoms with Crippen LogP contribution in [0.5, 0.6) is 0 Å². The number of hydrogen-bond donors (Lipinski definition) is 2. The molecule has 2 N–H and O–H groups in total. The van der Waals surface area contributed by atoms with Gasteiger partial charge in [0.15, 0.2) is 0 Å². The predicted molar refractivity (Wildman–Crippen MR) is 71.3 cm³/mol. The Morgan fingerprint density at radius 2 is 2.20 bits per heavy atom. The quantitative estimate of drug-likeness (QED) is 0.793. The molecule has 7 nitrogen and oxygen atoms in total. The minimum Gasteiger partial charge on any atom is -0.480 e. The smallest absolute Gasteiger partial charge is 0.323 e. The van der Waals surface area contributed by atoms with Crippen molar-refractivity contribution in [1.29, 1.82) is 0 Å². The third kappa shape index (κ3) is 3.25. The molecule has 0 aliphatic heterocycles. The minimum atomic E-state index is -0.981. The number of nitrogens with one attached hydrogen (secondary N) is 1. The number of carbonyl (C=O) groups excluding carboxylic acids is 1. The summed E-state index contributed by atoms with van der Waals surface area (Å²) < 4.78 is 3.15. The molecule has 0 spiro atoms. The number of aliphatic carboxylic acids is 1. The Labute approximate surface area is 115 Å². The van der Waals surface area contributed by atoms with Gasteiger partial charge < -0.3 is 15.0 Å². The van der Waals surface area contributed by atoms with Crippen molar-refractivity contribution in [3.63, 3.8) is 0 Å². The van der Waals surface area contributed by atoms with Gasteiger partial charge >= 0.3 is 5.97 Å². The Balaban J connectivity index is 1.90. The highest BCUT2D eigenvalue weighted by Crippen LogP contribution is 2.03. The van der Waals surface area contributed by atoms with E-state index in [1.54, 1.807) is 29.2 Å². The Kier molecular flexibility index (Phi) is 4.19. The van der Waals surface area contributed by atoms with E-state index >= 15 is 0 Å². The van der Waals surface area contributed by atoms with Crippen molar-refractivity contribution in [1.82, 2.24) is 19.7 Å². The van der Waals surface area contributed by atoms with Crippen LogP contribution in [0.15, 0.2) is 30.6 Å². The van der Waals surface area contributed by atoms with Gasteiger partial charge in [-0.3, -0.25) is 14.3 Å². The van der Waals surface area contributed by atoms with E-state index in [0.717, 1.165) is 5.69 Å². The summed E-state index contributed by atoms with van der Waals surface area (Å²) in [5.74, 6) is -1.26. The van der Waals surface area contributed by atoms with Crippen molar-refractivity contribution in [3.05, 3.63) is 42.0 Å². The summed E-state index contributed by atoms with van der Waals surface area (Å²) in [6.45, 7) is 0.244. The zero-order valence-electron chi connectivity index (χ0n) is 11.1. The molecule has 7 heteroatoms. The van der Waals surface area contributed by atoms with Gasteiger partial charge in [-0.05, 0) is 18.2 Å². The third-order valence-electron chi connectivity index (χ3n) is 2.96. The van der Waals surface area contributed by atoms with Crippen molar-refractivity contribution >= 4 is 11.9 Å². The second-order valence-corrected chi connectivity index (χ2v) is 4.37. The van der Waals surface area contributed by atoms with Crippen LogP contribution in [0, 0.1) is 0 Å². The molecule has 0 aliphatic carbocycles. The van der Waals surface area contributed by atoms with E-state index < -0.39 is 5.97 Å². The Hall–Kier alpha value is -2.57. The predicted octanol–water partition coefficient (Wildman–Crippen LogP) is 0.279. The van der Waals surface area contributed by atoms with Gasteiger partial charge in [0.05, 0.1) is 0 Å². The van der Waals surface area contributed by atoms with Crippen molar-refractivity contribution < 1.29 is 14.7 Å². The lowest BCUT2D eigenvalue weighted by Gasteiger charge is -2.08. The first kappa shape index (κ1) is 13.9. The Bertz CT molecular complexity index is 615. The first-order chi connectivity index (χ1) is 9.58.